The van der Waals surface area contributed by atoms with E-state index in [0.717, 1.165) is 5.44 Å². The molecule has 0 radical (unpaired) electrons. The smallest absolute Gasteiger partial charge is 0.446 e. The molecule has 2 atom stereocenters. The first-order chi connectivity index (χ1) is 20.0. The van der Waals surface area contributed by atoms with E-state index in [0.29, 0.717) is 41.9 Å². The van der Waals surface area contributed by atoms with Crippen LogP contribution in [0.25, 0.3) is 5.52 Å². The van der Waals surface area contributed by atoms with E-state index in [9.17, 15) is 17.4 Å². The summed E-state index contributed by atoms with van der Waals surface area (Å²) in [5, 5.41) is 10.7. The number of likely N-dealkylation sites (tertiary alicyclic amines) is 1. The summed E-state index contributed by atoms with van der Waals surface area (Å²) in [5.41, 5.74) is -2.80. The molecule has 0 amide bonds. The molecule has 2 unspecified atom stereocenters. The number of ether oxygens (including phenoxy) is 1. The van der Waals surface area contributed by atoms with Gasteiger partial charge in [0.1, 0.15) is 17.7 Å². The first-order valence-corrected chi connectivity index (χ1v) is 17.8. The number of anilines is 2. The van der Waals surface area contributed by atoms with Gasteiger partial charge in [0.05, 0.1) is 41.2 Å². The van der Waals surface area contributed by atoms with Crippen molar-refractivity contribution in [1.29, 1.82) is 0 Å². The van der Waals surface area contributed by atoms with Crippen LogP contribution in [0.5, 0.6) is 5.88 Å². The van der Waals surface area contributed by atoms with Crippen molar-refractivity contribution in [2.75, 3.05) is 62.2 Å². The van der Waals surface area contributed by atoms with Crippen molar-refractivity contribution in [3.63, 3.8) is 0 Å². The molecule has 5 heterocycles. The zero-order valence-electron chi connectivity index (χ0n) is 23.2. The van der Waals surface area contributed by atoms with Gasteiger partial charge in [0.15, 0.2) is 0 Å². The number of hydrogen-bond donors (Lipinski definition) is 2. The van der Waals surface area contributed by atoms with Crippen molar-refractivity contribution in [3.05, 3.63) is 36.0 Å². The molecule has 2 aliphatic rings. The molecule has 42 heavy (non-hydrogen) atoms. The van der Waals surface area contributed by atoms with Crippen molar-refractivity contribution in [3.8, 4) is 17.7 Å². The number of aromatic nitrogens is 3. The topological polar surface area (TPSA) is 83.8 Å². The summed E-state index contributed by atoms with van der Waals surface area (Å²) < 4.78 is 74.0. The number of piperidine rings is 1. The fourth-order valence-electron chi connectivity index (χ4n) is 4.90. The van der Waals surface area contributed by atoms with E-state index in [1.165, 1.54) is 17.7 Å². The highest BCUT2D eigenvalue weighted by Crippen LogP contribution is 2.41. The van der Waals surface area contributed by atoms with Gasteiger partial charge in [-0.15, -0.1) is 0 Å². The Morgan fingerprint density at radius 2 is 2.02 bits per heavy atom. The first-order valence-electron chi connectivity index (χ1n) is 13.2. The Bertz CT molecular complexity index is 1520. The molecule has 2 N–H and O–H groups in total. The maximum absolute atomic E-state index is 15.2. The quantitative estimate of drug-likeness (QED) is 0.164. The molecule has 3 aromatic heterocycles. The molecule has 5 rings (SSSR count). The Hall–Kier alpha value is -2.59. The van der Waals surface area contributed by atoms with Crippen LogP contribution in [0, 0.1) is 11.8 Å². The van der Waals surface area contributed by atoms with Crippen LogP contribution >= 0.6 is 19.7 Å². The van der Waals surface area contributed by atoms with Crippen LogP contribution in [0.15, 0.2) is 35.2 Å². The largest absolute Gasteiger partial charge is 0.480 e. The van der Waals surface area contributed by atoms with E-state index in [-0.39, 0.29) is 47.0 Å². The molecule has 0 bridgehead atoms. The molecule has 2 saturated heterocycles. The predicted molar refractivity (Wildman–Crippen MR) is 162 cm³/mol. The van der Waals surface area contributed by atoms with Gasteiger partial charge in [-0.2, -0.15) is 18.3 Å². The van der Waals surface area contributed by atoms with Crippen LogP contribution < -0.4 is 20.8 Å². The minimum atomic E-state index is -4.55. The molecule has 0 spiro atoms. The molecule has 8 nitrogen and oxygen atoms in total. The maximum atomic E-state index is 15.2. The van der Waals surface area contributed by atoms with E-state index in [2.05, 4.69) is 45.9 Å². The van der Waals surface area contributed by atoms with Crippen LogP contribution in [0.4, 0.5) is 29.1 Å². The van der Waals surface area contributed by atoms with Crippen molar-refractivity contribution >= 4 is 52.9 Å². The summed E-state index contributed by atoms with van der Waals surface area (Å²) in [5.74, 6) is 7.59. The second kappa shape index (κ2) is 13.0. The maximum Gasteiger partial charge on any atom is 0.446 e. The monoisotopic (exact) mass is 642 g/mol. The molecular weight excluding hydrogens is 611 g/mol. The van der Waals surface area contributed by atoms with E-state index >= 15 is 4.39 Å². The van der Waals surface area contributed by atoms with Crippen molar-refractivity contribution in [2.24, 2.45) is 0 Å². The van der Waals surface area contributed by atoms with Gasteiger partial charge in [-0.25, -0.2) is 13.9 Å². The zero-order chi connectivity index (χ0) is 30.0. The Labute approximate surface area is 249 Å². The number of methoxy groups -OCH3 is 1. The lowest BCUT2D eigenvalue weighted by Gasteiger charge is -2.42. The SMILES string of the molecule is COc1nc(P(C)C)ccc1NCC#Cc1nn2c(NC3CCN(C4CS(=O)C4)CC3F)cccc2c1SC(F)(F)F. The second-order valence-electron chi connectivity index (χ2n) is 10.2. The number of halogens is 4. The van der Waals surface area contributed by atoms with Gasteiger partial charge in [0.2, 0.25) is 5.88 Å². The number of thioether (sulfide) groups is 1. The third-order valence-corrected chi connectivity index (χ3v) is 10.6. The van der Waals surface area contributed by atoms with Crippen molar-refractivity contribution < 1.29 is 26.5 Å². The summed E-state index contributed by atoms with van der Waals surface area (Å²) in [6.07, 6.45) is -0.697. The minimum absolute atomic E-state index is 0.0268. The molecule has 226 valence electrons. The zero-order valence-corrected chi connectivity index (χ0v) is 25.8. The lowest BCUT2D eigenvalue weighted by molar-refractivity contribution is -0.0327. The number of alkyl halides is 4. The van der Waals surface area contributed by atoms with Crippen molar-refractivity contribution in [1.82, 2.24) is 19.5 Å². The number of nitrogens with one attached hydrogen (secondary N) is 2. The second-order valence-corrected chi connectivity index (χ2v) is 15.1. The van der Waals surface area contributed by atoms with Crippen LogP contribution in [0.3, 0.4) is 0 Å². The highest BCUT2D eigenvalue weighted by atomic mass is 32.2. The average Bonchev–Trinajstić information content (AvgIpc) is 3.26. The summed E-state index contributed by atoms with van der Waals surface area (Å²) in [6.45, 7) is 5.16. The third kappa shape index (κ3) is 7.13. The average molecular weight is 643 g/mol. The summed E-state index contributed by atoms with van der Waals surface area (Å²) in [6, 6.07) is 8.17. The highest BCUT2D eigenvalue weighted by Gasteiger charge is 2.38. The fourth-order valence-corrected chi connectivity index (χ4v) is 7.42. The van der Waals surface area contributed by atoms with Crippen LogP contribution in [-0.4, -0.2) is 99.0 Å². The number of fused-ring (bicyclic) bond motifs is 1. The van der Waals surface area contributed by atoms with Crippen LogP contribution in [-0.2, 0) is 10.8 Å². The lowest BCUT2D eigenvalue weighted by atomic mass is 10.0. The van der Waals surface area contributed by atoms with E-state index in [4.69, 9.17) is 4.74 Å². The molecule has 2 fully saturated rings. The number of pyridine rings is 2. The van der Waals surface area contributed by atoms with Gasteiger partial charge in [0, 0.05) is 41.4 Å². The Balaban J connectivity index is 1.35. The van der Waals surface area contributed by atoms with E-state index in [1.54, 1.807) is 12.1 Å². The molecule has 0 saturated carbocycles. The number of hydrogen-bond acceptors (Lipinski definition) is 8. The molecule has 3 aromatic rings. The van der Waals surface area contributed by atoms with E-state index < -0.39 is 36.4 Å². The van der Waals surface area contributed by atoms with Gasteiger partial charge in [0.25, 0.3) is 0 Å². The van der Waals surface area contributed by atoms with Gasteiger partial charge >= 0.3 is 5.51 Å². The first kappa shape index (κ1) is 30.9. The normalized spacial score (nSPS) is 22.9. The lowest BCUT2D eigenvalue weighted by Crippen LogP contribution is -2.57. The number of nitrogens with zero attached hydrogens (tertiary/aromatic N) is 4. The minimum Gasteiger partial charge on any atom is -0.480 e. The number of rotatable bonds is 8. The molecule has 2 aliphatic heterocycles. The highest BCUT2D eigenvalue weighted by molar-refractivity contribution is 8.00. The van der Waals surface area contributed by atoms with Gasteiger partial charge in [-0.3, -0.25) is 9.11 Å². The van der Waals surface area contributed by atoms with Crippen LogP contribution in [0.2, 0.25) is 0 Å². The van der Waals surface area contributed by atoms with Gasteiger partial charge in [-0.1, -0.05) is 19.9 Å². The Kier molecular flexibility index (Phi) is 9.52. The van der Waals surface area contributed by atoms with Crippen LogP contribution in [0.1, 0.15) is 12.1 Å². The molecule has 15 heteroatoms. The Morgan fingerprint density at radius 3 is 2.69 bits per heavy atom. The van der Waals surface area contributed by atoms with Gasteiger partial charge in [-0.05, 0) is 61.7 Å². The predicted octanol–water partition coefficient (Wildman–Crippen LogP) is 4.14. The summed E-state index contributed by atoms with van der Waals surface area (Å²) in [4.78, 5) is 6.41. The Morgan fingerprint density at radius 1 is 1.24 bits per heavy atom. The fraction of sp³-hybridized carbons (Fsp3) is 0.481. The van der Waals surface area contributed by atoms with Crippen molar-refractivity contribution in [2.45, 2.75) is 35.1 Å². The summed E-state index contributed by atoms with van der Waals surface area (Å²) >= 11 is -0.272. The standard InChI is InChI=1S/C27H31F4N6O2PS2/c1-39-26-21(9-10-24(34-26)40(2)3)32-12-5-6-20-25(41-27(29,30)31)22-7-4-8-23(37(22)35-20)33-19-11-13-36(14-18(19)28)17-15-42(38)16-17/h4,7-10,17-19,32-33H,11-16H2,1-3H3. The van der Waals surface area contributed by atoms with E-state index in [1.807, 2.05) is 17.0 Å². The molecule has 0 aromatic carbocycles. The third-order valence-electron chi connectivity index (χ3n) is 7.08. The summed E-state index contributed by atoms with van der Waals surface area (Å²) in [7, 11) is 0.299. The molecule has 0 aliphatic carbocycles. The van der Waals surface area contributed by atoms with Gasteiger partial charge < -0.3 is 15.4 Å². The molecular formula is C27H31F4N6O2PS2.